The van der Waals surface area contributed by atoms with Crippen LogP contribution in [0.5, 0.6) is 0 Å². The fourth-order valence-corrected chi connectivity index (χ4v) is 4.41. The summed E-state index contributed by atoms with van der Waals surface area (Å²) in [7, 11) is 1.62. The van der Waals surface area contributed by atoms with Gasteiger partial charge in [0.15, 0.2) is 0 Å². The van der Waals surface area contributed by atoms with Gasteiger partial charge in [-0.15, -0.1) is 0 Å². The lowest BCUT2D eigenvalue weighted by molar-refractivity contribution is -0.139. The summed E-state index contributed by atoms with van der Waals surface area (Å²) in [6.45, 7) is 8.47. The van der Waals surface area contributed by atoms with Crippen molar-refractivity contribution in [2.45, 2.75) is 65.6 Å². The van der Waals surface area contributed by atoms with Gasteiger partial charge in [0.05, 0.1) is 19.1 Å². The summed E-state index contributed by atoms with van der Waals surface area (Å²) < 4.78 is 1.75. The van der Waals surface area contributed by atoms with Gasteiger partial charge in [-0.1, -0.05) is 32.0 Å². The molecular weight excluding hydrogens is 486 g/mol. The zero-order valence-corrected chi connectivity index (χ0v) is 22.9. The lowest BCUT2D eigenvalue weighted by atomic mass is 10.0. The van der Waals surface area contributed by atoms with Gasteiger partial charge in [-0.3, -0.25) is 19.2 Å². The van der Waals surface area contributed by atoms with Gasteiger partial charge in [0.25, 0.3) is 5.91 Å². The molecule has 11 heteroatoms. The fraction of sp³-hybridized carbons (Fsp3) is 0.556. The van der Waals surface area contributed by atoms with Crippen LogP contribution in [-0.4, -0.2) is 80.9 Å². The smallest absolute Gasteiger partial charge is 0.251 e. The Labute approximate surface area is 224 Å². The molecule has 1 aromatic carbocycles. The Balaban J connectivity index is 1.83. The van der Waals surface area contributed by atoms with Crippen LogP contribution in [0.25, 0.3) is 0 Å². The van der Waals surface area contributed by atoms with Gasteiger partial charge < -0.3 is 20.4 Å². The standard InChI is InChI=1S/C27H39N7O4/c1-18(2)16-22-25-29-20(4)31-34(25)15-14-33(13-9-12-23(35)32(5)19(3)26(37)30-22)24(36)17-28-27(38)21-10-7-6-8-11-21/h6-8,10-11,18-19,22H,9,12-17H2,1-5H3,(H,28,38)(H,30,37)/t19-,22+/m0/s1. The highest BCUT2D eigenvalue weighted by atomic mass is 16.2. The molecule has 4 amide bonds. The van der Waals surface area contributed by atoms with E-state index in [1.54, 1.807) is 54.7 Å². The molecule has 11 nitrogen and oxygen atoms in total. The molecule has 1 aromatic heterocycles. The third-order valence-electron chi connectivity index (χ3n) is 6.68. The fourth-order valence-electron chi connectivity index (χ4n) is 4.41. The van der Waals surface area contributed by atoms with Crippen LogP contribution in [0.15, 0.2) is 30.3 Å². The van der Waals surface area contributed by atoms with E-state index in [0.717, 1.165) is 0 Å². The first-order chi connectivity index (χ1) is 18.1. The minimum atomic E-state index is -0.663. The maximum absolute atomic E-state index is 13.2. The van der Waals surface area contributed by atoms with Crippen molar-refractivity contribution in [1.82, 2.24) is 35.2 Å². The molecule has 3 rings (SSSR count). The minimum Gasteiger partial charge on any atom is -0.344 e. The van der Waals surface area contributed by atoms with E-state index in [2.05, 4.69) is 34.6 Å². The summed E-state index contributed by atoms with van der Waals surface area (Å²) in [4.78, 5) is 59.2. The molecule has 0 radical (unpaired) electrons. The number of carbonyl (C=O) groups excluding carboxylic acids is 4. The van der Waals surface area contributed by atoms with Crippen molar-refractivity contribution in [3.05, 3.63) is 47.5 Å². The number of hydrogen-bond acceptors (Lipinski definition) is 6. The minimum absolute atomic E-state index is 0.159. The van der Waals surface area contributed by atoms with Crippen molar-refractivity contribution in [1.29, 1.82) is 0 Å². The van der Waals surface area contributed by atoms with Gasteiger partial charge in [-0.25, -0.2) is 9.67 Å². The Bertz CT molecular complexity index is 1130. The maximum atomic E-state index is 13.2. The lowest BCUT2D eigenvalue weighted by Gasteiger charge is -2.29. The molecule has 2 heterocycles. The molecule has 0 saturated heterocycles. The molecule has 0 unspecified atom stereocenters. The van der Waals surface area contributed by atoms with Gasteiger partial charge in [0.1, 0.15) is 17.7 Å². The second-order valence-corrected chi connectivity index (χ2v) is 10.1. The van der Waals surface area contributed by atoms with Crippen LogP contribution >= 0.6 is 0 Å². The van der Waals surface area contributed by atoms with E-state index in [-0.39, 0.29) is 42.5 Å². The topological polar surface area (TPSA) is 130 Å². The number of likely N-dealkylation sites (N-methyl/N-ethyl adjacent to an activating group) is 1. The zero-order chi connectivity index (χ0) is 27.8. The summed E-state index contributed by atoms with van der Waals surface area (Å²) in [5.41, 5.74) is 0.477. The first-order valence-corrected chi connectivity index (χ1v) is 13.1. The van der Waals surface area contributed by atoms with Crippen LogP contribution < -0.4 is 10.6 Å². The van der Waals surface area contributed by atoms with Crippen molar-refractivity contribution < 1.29 is 19.2 Å². The van der Waals surface area contributed by atoms with Crippen LogP contribution in [0.3, 0.4) is 0 Å². The highest BCUT2D eigenvalue weighted by molar-refractivity contribution is 5.96. The third kappa shape index (κ3) is 7.62. The summed E-state index contributed by atoms with van der Waals surface area (Å²) in [5, 5.41) is 10.3. The Morgan fingerprint density at radius 2 is 1.84 bits per heavy atom. The Morgan fingerprint density at radius 1 is 1.13 bits per heavy atom. The molecule has 0 aliphatic carbocycles. The zero-order valence-electron chi connectivity index (χ0n) is 22.9. The number of nitrogens with one attached hydrogen (secondary N) is 2. The predicted molar refractivity (Wildman–Crippen MR) is 142 cm³/mol. The molecule has 206 valence electrons. The van der Waals surface area contributed by atoms with Crippen molar-refractivity contribution in [3.63, 3.8) is 0 Å². The van der Waals surface area contributed by atoms with E-state index < -0.39 is 12.1 Å². The van der Waals surface area contributed by atoms with Crippen molar-refractivity contribution in [2.24, 2.45) is 5.92 Å². The maximum Gasteiger partial charge on any atom is 0.251 e. The van der Waals surface area contributed by atoms with E-state index >= 15 is 0 Å². The number of nitrogens with zero attached hydrogens (tertiary/aromatic N) is 5. The van der Waals surface area contributed by atoms with E-state index in [1.807, 2.05) is 6.07 Å². The van der Waals surface area contributed by atoms with E-state index in [9.17, 15) is 19.2 Å². The number of carbonyl (C=O) groups is 4. The van der Waals surface area contributed by atoms with Crippen LogP contribution in [0.1, 0.15) is 68.1 Å². The second kappa shape index (κ2) is 13.2. The molecule has 2 aromatic rings. The molecule has 0 fully saturated rings. The van der Waals surface area contributed by atoms with Gasteiger partial charge in [-0.05, 0) is 44.7 Å². The number of hydrogen-bond donors (Lipinski definition) is 2. The third-order valence-corrected chi connectivity index (χ3v) is 6.68. The summed E-state index contributed by atoms with van der Waals surface area (Å²) in [6, 6.07) is 7.66. The first-order valence-electron chi connectivity index (χ1n) is 13.1. The molecular formula is C27H39N7O4. The Kier molecular flexibility index (Phi) is 9.98. The Morgan fingerprint density at radius 3 is 2.53 bits per heavy atom. The molecule has 0 bridgehead atoms. The number of rotatable bonds is 5. The average Bonchev–Trinajstić information content (AvgIpc) is 3.27. The second-order valence-electron chi connectivity index (χ2n) is 10.1. The number of fused-ring (bicyclic) bond motifs is 1. The number of aromatic nitrogens is 3. The molecule has 0 spiro atoms. The van der Waals surface area contributed by atoms with Crippen molar-refractivity contribution in [2.75, 3.05) is 26.7 Å². The molecule has 2 N–H and O–H groups in total. The predicted octanol–water partition coefficient (Wildman–Crippen LogP) is 1.69. The SMILES string of the molecule is Cc1nc2n(n1)CCN(C(=O)CNC(=O)c1ccccc1)CCCC(=O)N(C)[C@@H](C)C(=O)N[C@@H]2CC(C)C. The first kappa shape index (κ1) is 28.8. The number of aryl methyl sites for hydroxylation is 1. The molecule has 38 heavy (non-hydrogen) atoms. The lowest BCUT2D eigenvalue weighted by Crippen LogP contribution is -2.48. The van der Waals surface area contributed by atoms with Gasteiger partial charge in [0, 0.05) is 32.1 Å². The van der Waals surface area contributed by atoms with E-state index in [4.69, 9.17) is 0 Å². The highest BCUT2D eigenvalue weighted by Gasteiger charge is 2.29. The average molecular weight is 526 g/mol. The number of amides is 4. The summed E-state index contributed by atoms with van der Waals surface area (Å²) in [6.07, 6.45) is 1.26. The van der Waals surface area contributed by atoms with Crippen molar-refractivity contribution in [3.8, 4) is 0 Å². The van der Waals surface area contributed by atoms with Gasteiger partial charge in [0.2, 0.25) is 17.7 Å². The summed E-state index contributed by atoms with van der Waals surface area (Å²) >= 11 is 0. The Hall–Kier alpha value is -3.76. The van der Waals surface area contributed by atoms with Crippen LogP contribution in [0.2, 0.25) is 0 Å². The van der Waals surface area contributed by atoms with Crippen LogP contribution in [0, 0.1) is 12.8 Å². The van der Waals surface area contributed by atoms with Gasteiger partial charge >= 0.3 is 0 Å². The molecule has 1 aliphatic rings. The van der Waals surface area contributed by atoms with Crippen LogP contribution in [0.4, 0.5) is 0 Å². The van der Waals surface area contributed by atoms with Crippen LogP contribution in [-0.2, 0) is 20.9 Å². The molecule has 1 aliphatic heterocycles. The quantitative estimate of drug-likeness (QED) is 0.611. The molecule has 2 atom stereocenters. The largest absolute Gasteiger partial charge is 0.344 e. The van der Waals surface area contributed by atoms with Crippen molar-refractivity contribution >= 4 is 23.6 Å². The van der Waals surface area contributed by atoms with E-state index in [1.165, 1.54) is 4.90 Å². The van der Waals surface area contributed by atoms with Gasteiger partial charge in [-0.2, -0.15) is 5.10 Å². The normalized spacial score (nSPS) is 19.5. The molecule has 0 saturated carbocycles. The van der Waals surface area contributed by atoms with E-state index in [0.29, 0.717) is 49.7 Å². The number of benzene rings is 1. The summed E-state index contributed by atoms with van der Waals surface area (Å²) in [5.74, 6) is 0.462. The monoisotopic (exact) mass is 525 g/mol. The highest BCUT2D eigenvalue weighted by Crippen LogP contribution is 2.21.